The Hall–Kier alpha value is -1.30. The van der Waals surface area contributed by atoms with E-state index in [9.17, 15) is 4.21 Å². The lowest BCUT2D eigenvalue weighted by atomic mass is 10.1. The first-order valence-electron chi connectivity index (χ1n) is 5.22. The third kappa shape index (κ3) is 3.13. The summed E-state index contributed by atoms with van der Waals surface area (Å²) in [5.41, 5.74) is 3.41. The lowest BCUT2D eigenvalue weighted by Gasteiger charge is -2.05. The van der Waals surface area contributed by atoms with Crippen LogP contribution in [-0.2, 0) is 16.8 Å². The van der Waals surface area contributed by atoms with Crippen LogP contribution in [0.4, 0.5) is 0 Å². The smallest absolute Gasteiger partial charge is 0.222 e. The number of hydrogen-bond donors (Lipinski definition) is 1. The van der Waals surface area contributed by atoms with E-state index in [0.717, 1.165) is 22.4 Å². The minimum atomic E-state index is -1.82. The third-order valence-electron chi connectivity index (χ3n) is 2.46. The molecule has 0 spiro atoms. The maximum Gasteiger partial charge on any atom is 0.222 e. The molecule has 1 atom stereocenters. The quantitative estimate of drug-likeness (QED) is 0.694. The lowest BCUT2D eigenvalue weighted by Crippen LogP contribution is -1.94. The van der Waals surface area contributed by atoms with E-state index in [2.05, 4.69) is 9.97 Å². The molecule has 1 aromatic carbocycles. The zero-order valence-corrected chi connectivity index (χ0v) is 11.2. The van der Waals surface area contributed by atoms with Crippen molar-refractivity contribution in [3.63, 3.8) is 0 Å². The SMILES string of the molecule is Cc1cnc(Cl)nc1-c1ccc(CS(=O)O)cc1. The molecule has 0 bridgehead atoms. The second kappa shape index (κ2) is 5.56. The molecule has 2 rings (SSSR count). The Kier molecular flexibility index (Phi) is 4.06. The van der Waals surface area contributed by atoms with Crippen LogP contribution < -0.4 is 0 Å². The van der Waals surface area contributed by atoms with Gasteiger partial charge >= 0.3 is 0 Å². The number of benzene rings is 1. The summed E-state index contributed by atoms with van der Waals surface area (Å²) in [4.78, 5) is 8.08. The first kappa shape index (κ1) is 13.1. The summed E-state index contributed by atoms with van der Waals surface area (Å²) in [6, 6.07) is 7.32. The highest BCUT2D eigenvalue weighted by molar-refractivity contribution is 7.78. The number of halogens is 1. The first-order chi connectivity index (χ1) is 8.56. The molecule has 2 aromatic rings. The monoisotopic (exact) mass is 282 g/mol. The fourth-order valence-electron chi connectivity index (χ4n) is 1.61. The molecular weight excluding hydrogens is 272 g/mol. The molecule has 6 heteroatoms. The Bertz CT molecular complexity index is 587. The summed E-state index contributed by atoms with van der Waals surface area (Å²) >= 11 is 3.95. The van der Waals surface area contributed by atoms with Gasteiger partial charge in [-0.25, -0.2) is 14.2 Å². The summed E-state index contributed by atoms with van der Waals surface area (Å²) in [5.74, 6) is 0.129. The van der Waals surface area contributed by atoms with E-state index in [0.29, 0.717) is 0 Å². The predicted octanol–water partition coefficient (Wildman–Crippen LogP) is 2.83. The third-order valence-corrected chi connectivity index (χ3v) is 3.22. The zero-order chi connectivity index (χ0) is 13.1. The number of rotatable bonds is 3. The Morgan fingerprint density at radius 2 is 2.00 bits per heavy atom. The highest BCUT2D eigenvalue weighted by Gasteiger charge is 2.06. The van der Waals surface area contributed by atoms with Crippen LogP contribution in [-0.4, -0.2) is 18.7 Å². The molecule has 0 aliphatic heterocycles. The van der Waals surface area contributed by atoms with Crippen molar-refractivity contribution in [3.8, 4) is 11.3 Å². The predicted molar refractivity (Wildman–Crippen MR) is 71.7 cm³/mol. The van der Waals surface area contributed by atoms with Crippen molar-refractivity contribution in [2.45, 2.75) is 12.7 Å². The number of aryl methyl sites for hydroxylation is 1. The van der Waals surface area contributed by atoms with Crippen LogP contribution in [0.2, 0.25) is 5.28 Å². The van der Waals surface area contributed by atoms with Gasteiger partial charge in [0, 0.05) is 11.8 Å². The lowest BCUT2D eigenvalue weighted by molar-refractivity contribution is 0.563. The summed E-state index contributed by atoms with van der Waals surface area (Å²) in [6.07, 6.45) is 1.67. The number of aromatic nitrogens is 2. The van der Waals surface area contributed by atoms with Crippen LogP contribution in [0.25, 0.3) is 11.3 Å². The zero-order valence-electron chi connectivity index (χ0n) is 9.63. The normalized spacial score (nSPS) is 12.4. The van der Waals surface area contributed by atoms with Gasteiger partial charge in [0.25, 0.3) is 0 Å². The molecule has 0 saturated heterocycles. The molecular formula is C12H11ClN2O2S. The Labute approximate surface area is 112 Å². The van der Waals surface area contributed by atoms with Gasteiger partial charge in [-0.1, -0.05) is 24.3 Å². The number of hydrogen-bond acceptors (Lipinski definition) is 3. The average Bonchev–Trinajstić information content (AvgIpc) is 2.33. The van der Waals surface area contributed by atoms with E-state index >= 15 is 0 Å². The van der Waals surface area contributed by atoms with Crippen molar-refractivity contribution in [3.05, 3.63) is 46.9 Å². The summed E-state index contributed by atoms with van der Waals surface area (Å²) in [5, 5.41) is 0.205. The molecule has 0 aliphatic carbocycles. The molecule has 0 saturated carbocycles. The molecule has 0 aliphatic rings. The highest BCUT2D eigenvalue weighted by atomic mass is 35.5. The van der Waals surface area contributed by atoms with E-state index in [-0.39, 0.29) is 11.0 Å². The maximum atomic E-state index is 10.7. The average molecular weight is 283 g/mol. The van der Waals surface area contributed by atoms with Crippen molar-refractivity contribution < 1.29 is 8.76 Å². The van der Waals surface area contributed by atoms with Crippen LogP contribution in [0.5, 0.6) is 0 Å². The Morgan fingerprint density at radius 1 is 1.33 bits per heavy atom. The molecule has 18 heavy (non-hydrogen) atoms. The second-order valence-corrected chi connectivity index (χ2v) is 5.10. The van der Waals surface area contributed by atoms with Gasteiger partial charge in [-0.2, -0.15) is 0 Å². The molecule has 0 amide bonds. The molecule has 4 nitrogen and oxygen atoms in total. The molecule has 1 aromatic heterocycles. The molecule has 1 N–H and O–H groups in total. The molecule has 0 radical (unpaired) electrons. The van der Waals surface area contributed by atoms with Gasteiger partial charge < -0.3 is 4.55 Å². The Balaban J connectivity index is 2.34. The van der Waals surface area contributed by atoms with E-state index in [4.69, 9.17) is 16.2 Å². The molecule has 0 fully saturated rings. The van der Waals surface area contributed by atoms with Crippen molar-refractivity contribution in [2.24, 2.45) is 0 Å². The van der Waals surface area contributed by atoms with Crippen LogP contribution in [0, 0.1) is 6.92 Å². The van der Waals surface area contributed by atoms with Gasteiger partial charge in [0.05, 0.1) is 11.4 Å². The van der Waals surface area contributed by atoms with Crippen molar-refractivity contribution >= 4 is 22.7 Å². The second-order valence-electron chi connectivity index (χ2n) is 3.83. The van der Waals surface area contributed by atoms with Crippen molar-refractivity contribution in [2.75, 3.05) is 0 Å². The minimum absolute atomic E-state index is 0.129. The first-order valence-corrected chi connectivity index (χ1v) is 6.87. The van der Waals surface area contributed by atoms with Crippen LogP contribution in [0.1, 0.15) is 11.1 Å². The molecule has 1 unspecified atom stereocenters. The van der Waals surface area contributed by atoms with Crippen molar-refractivity contribution in [1.82, 2.24) is 9.97 Å². The minimum Gasteiger partial charge on any atom is -0.306 e. The standard InChI is InChI=1S/C12H11ClN2O2S/c1-8-6-14-12(13)15-11(8)10-4-2-9(3-5-10)7-18(16)17/h2-6H,7H2,1H3,(H,16,17). The summed E-state index contributed by atoms with van der Waals surface area (Å²) in [7, 11) is 0. The van der Waals surface area contributed by atoms with E-state index in [1.807, 2.05) is 19.1 Å². The topological polar surface area (TPSA) is 63.1 Å². The fourth-order valence-corrected chi connectivity index (χ4v) is 2.23. The Morgan fingerprint density at radius 3 is 2.61 bits per heavy atom. The maximum absolute atomic E-state index is 10.7. The number of nitrogens with zero attached hydrogens (tertiary/aromatic N) is 2. The largest absolute Gasteiger partial charge is 0.306 e. The van der Waals surface area contributed by atoms with E-state index in [1.54, 1.807) is 18.3 Å². The van der Waals surface area contributed by atoms with E-state index in [1.165, 1.54) is 0 Å². The van der Waals surface area contributed by atoms with Crippen LogP contribution in [0.15, 0.2) is 30.5 Å². The van der Waals surface area contributed by atoms with Gasteiger partial charge in [0.1, 0.15) is 0 Å². The van der Waals surface area contributed by atoms with Crippen LogP contribution in [0.3, 0.4) is 0 Å². The highest BCUT2D eigenvalue weighted by Crippen LogP contribution is 2.22. The molecule has 94 valence electrons. The summed E-state index contributed by atoms with van der Waals surface area (Å²) < 4.78 is 19.5. The van der Waals surface area contributed by atoms with Gasteiger partial charge in [-0.15, -0.1) is 0 Å². The van der Waals surface area contributed by atoms with Gasteiger partial charge in [0.15, 0.2) is 11.1 Å². The van der Waals surface area contributed by atoms with E-state index < -0.39 is 11.1 Å². The van der Waals surface area contributed by atoms with Gasteiger partial charge in [-0.05, 0) is 29.7 Å². The molecule has 1 heterocycles. The summed E-state index contributed by atoms with van der Waals surface area (Å²) in [6.45, 7) is 1.91. The fraction of sp³-hybridized carbons (Fsp3) is 0.167. The van der Waals surface area contributed by atoms with Crippen LogP contribution >= 0.6 is 11.6 Å². The van der Waals surface area contributed by atoms with Gasteiger partial charge in [0.2, 0.25) is 5.28 Å². The van der Waals surface area contributed by atoms with Gasteiger partial charge in [-0.3, -0.25) is 0 Å². The van der Waals surface area contributed by atoms with Crippen molar-refractivity contribution in [1.29, 1.82) is 0 Å².